The van der Waals surface area contributed by atoms with Crippen molar-refractivity contribution in [2.24, 2.45) is 0 Å². The fraction of sp³-hybridized carbons (Fsp3) is 0.833. The van der Waals surface area contributed by atoms with Gasteiger partial charge in [-0.25, -0.2) is 0 Å². The SMILES string of the molecule is CC(O)/C=C/CCCCCCC(C)O. The minimum absolute atomic E-state index is 0.148. The zero-order valence-electron chi connectivity index (χ0n) is 9.45. The van der Waals surface area contributed by atoms with Crippen LogP contribution >= 0.6 is 0 Å². The first kappa shape index (κ1) is 13.7. The van der Waals surface area contributed by atoms with Gasteiger partial charge in [-0.1, -0.05) is 31.4 Å². The molecule has 0 aliphatic carbocycles. The van der Waals surface area contributed by atoms with Crippen molar-refractivity contribution in [1.29, 1.82) is 0 Å². The number of aliphatic hydroxyl groups excluding tert-OH is 2. The molecule has 2 atom stereocenters. The van der Waals surface area contributed by atoms with Gasteiger partial charge in [-0.15, -0.1) is 0 Å². The third-order valence-corrected chi connectivity index (χ3v) is 2.16. The third kappa shape index (κ3) is 11.7. The van der Waals surface area contributed by atoms with Crippen molar-refractivity contribution >= 4 is 0 Å². The fourth-order valence-corrected chi connectivity index (χ4v) is 1.35. The number of hydrogen-bond acceptors (Lipinski definition) is 2. The molecule has 0 saturated carbocycles. The van der Waals surface area contributed by atoms with Gasteiger partial charge < -0.3 is 10.2 Å². The van der Waals surface area contributed by atoms with Crippen LogP contribution in [0.5, 0.6) is 0 Å². The van der Waals surface area contributed by atoms with Crippen molar-refractivity contribution in [2.45, 2.75) is 64.6 Å². The highest BCUT2D eigenvalue weighted by atomic mass is 16.3. The normalized spacial score (nSPS) is 16.0. The molecule has 84 valence electrons. The minimum atomic E-state index is -0.315. The summed E-state index contributed by atoms with van der Waals surface area (Å²) in [5, 5.41) is 18.0. The number of hydrogen-bond donors (Lipinski definition) is 2. The molecule has 0 aliphatic heterocycles. The van der Waals surface area contributed by atoms with Crippen molar-refractivity contribution in [3.8, 4) is 0 Å². The topological polar surface area (TPSA) is 40.5 Å². The van der Waals surface area contributed by atoms with Gasteiger partial charge in [-0.05, 0) is 33.1 Å². The van der Waals surface area contributed by atoms with Gasteiger partial charge in [0.15, 0.2) is 0 Å². The van der Waals surface area contributed by atoms with Gasteiger partial charge in [0.25, 0.3) is 0 Å². The van der Waals surface area contributed by atoms with E-state index in [9.17, 15) is 0 Å². The molecular formula is C12H24O2. The summed E-state index contributed by atoms with van der Waals surface area (Å²) < 4.78 is 0. The summed E-state index contributed by atoms with van der Waals surface area (Å²) in [7, 11) is 0. The first-order chi connectivity index (χ1) is 6.63. The second-order valence-corrected chi connectivity index (χ2v) is 4.01. The van der Waals surface area contributed by atoms with E-state index < -0.39 is 0 Å². The Morgan fingerprint density at radius 1 is 1.00 bits per heavy atom. The standard InChI is InChI=1S/C12H24O2/c1-11(13)9-7-5-3-4-6-8-10-12(2)14/h7,9,11-14H,3-6,8,10H2,1-2H3/b9-7+. The van der Waals surface area contributed by atoms with E-state index in [2.05, 4.69) is 0 Å². The molecule has 14 heavy (non-hydrogen) atoms. The van der Waals surface area contributed by atoms with Gasteiger partial charge in [-0.3, -0.25) is 0 Å². The summed E-state index contributed by atoms with van der Waals surface area (Å²) in [6.45, 7) is 3.60. The smallest absolute Gasteiger partial charge is 0.0692 e. The molecule has 2 nitrogen and oxygen atoms in total. The van der Waals surface area contributed by atoms with E-state index in [1.807, 2.05) is 19.1 Å². The van der Waals surface area contributed by atoms with E-state index >= 15 is 0 Å². The molecule has 2 unspecified atom stereocenters. The molecule has 0 rings (SSSR count). The van der Waals surface area contributed by atoms with Crippen molar-refractivity contribution in [3.05, 3.63) is 12.2 Å². The van der Waals surface area contributed by atoms with Gasteiger partial charge in [0.2, 0.25) is 0 Å². The van der Waals surface area contributed by atoms with Crippen LogP contribution in [-0.4, -0.2) is 22.4 Å². The second-order valence-electron chi connectivity index (χ2n) is 4.01. The Labute approximate surface area is 87.7 Å². The lowest BCUT2D eigenvalue weighted by molar-refractivity contribution is 0.180. The monoisotopic (exact) mass is 200 g/mol. The first-order valence-corrected chi connectivity index (χ1v) is 5.65. The molecule has 0 amide bonds. The van der Waals surface area contributed by atoms with Crippen LogP contribution in [-0.2, 0) is 0 Å². The van der Waals surface area contributed by atoms with Crippen molar-refractivity contribution in [1.82, 2.24) is 0 Å². The molecule has 0 aromatic heterocycles. The molecule has 2 heteroatoms. The van der Waals surface area contributed by atoms with Crippen LogP contribution in [0.2, 0.25) is 0 Å². The molecular weight excluding hydrogens is 176 g/mol. The maximum atomic E-state index is 9.02. The van der Waals surface area contributed by atoms with Gasteiger partial charge in [-0.2, -0.15) is 0 Å². The van der Waals surface area contributed by atoms with E-state index in [-0.39, 0.29) is 12.2 Å². The summed E-state index contributed by atoms with van der Waals surface area (Å²) in [6.07, 6.45) is 10.1. The molecule has 0 aromatic rings. The minimum Gasteiger partial charge on any atom is -0.393 e. The summed E-state index contributed by atoms with van der Waals surface area (Å²) in [6, 6.07) is 0. The van der Waals surface area contributed by atoms with Crippen LogP contribution in [0.15, 0.2) is 12.2 Å². The molecule has 0 aliphatic rings. The molecule has 0 bridgehead atoms. The molecule has 0 fully saturated rings. The van der Waals surface area contributed by atoms with E-state index in [4.69, 9.17) is 10.2 Å². The Hall–Kier alpha value is -0.340. The lowest BCUT2D eigenvalue weighted by Gasteiger charge is -2.02. The molecule has 2 N–H and O–H groups in total. The number of allylic oxidation sites excluding steroid dienone is 1. The molecule has 0 aromatic carbocycles. The van der Waals surface area contributed by atoms with Crippen molar-refractivity contribution < 1.29 is 10.2 Å². The van der Waals surface area contributed by atoms with Crippen LogP contribution in [0.4, 0.5) is 0 Å². The predicted molar refractivity (Wildman–Crippen MR) is 60.2 cm³/mol. The Kier molecular flexibility index (Phi) is 9.00. The number of rotatable bonds is 8. The summed E-state index contributed by atoms with van der Waals surface area (Å²) in [5.74, 6) is 0. The second kappa shape index (κ2) is 9.22. The van der Waals surface area contributed by atoms with E-state index in [1.54, 1.807) is 6.92 Å². The van der Waals surface area contributed by atoms with E-state index in [1.165, 1.54) is 19.3 Å². The highest BCUT2D eigenvalue weighted by Gasteiger charge is 1.94. The highest BCUT2D eigenvalue weighted by molar-refractivity contribution is 4.85. The highest BCUT2D eigenvalue weighted by Crippen LogP contribution is 2.07. The molecule has 0 heterocycles. The Balaban J connectivity index is 3.06. The Morgan fingerprint density at radius 2 is 1.64 bits per heavy atom. The van der Waals surface area contributed by atoms with Crippen LogP contribution < -0.4 is 0 Å². The Morgan fingerprint density at radius 3 is 2.21 bits per heavy atom. The average molecular weight is 200 g/mol. The Bertz CT molecular complexity index is 139. The van der Waals surface area contributed by atoms with E-state index in [0.717, 1.165) is 19.3 Å². The van der Waals surface area contributed by atoms with E-state index in [0.29, 0.717) is 0 Å². The fourth-order valence-electron chi connectivity index (χ4n) is 1.35. The average Bonchev–Trinajstić information content (AvgIpc) is 2.08. The van der Waals surface area contributed by atoms with Gasteiger partial charge in [0.1, 0.15) is 0 Å². The van der Waals surface area contributed by atoms with Crippen LogP contribution in [0.25, 0.3) is 0 Å². The van der Waals surface area contributed by atoms with Crippen LogP contribution in [0.3, 0.4) is 0 Å². The zero-order valence-corrected chi connectivity index (χ0v) is 9.45. The lowest BCUT2D eigenvalue weighted by Crippen LogP contribution is -1.98. The molecule has 0 spiro atoms. The van der Waals surface area contributed by atoms with Crippen molar-refractivity contribution in [2.75, 3.05) is 0 Å². The first-order valence-electron chi connectivity index (χ1n) is 5.65. The zero-order chi connectivity index (χ0) is 10.8. The largest absolute Gasteiger partial charge is 0.393 e. The lowest BCUT2D eigenvalue weighted by atomic mass is 10.1. The third-order valence-electron chi connectivity index (χ3n) is 2.16. The summed E-state index contributed by atoms with van der Waals surface area (Å²) in [5.41, 5.74) is 0. The van der Waals surface area contributed by atoms with Crippen LogP contribution in [0, 0.1) is 0 Å². The summed E-state index contributed by atoms with van der Waals surface area (Å²) >= 11 is 0. The summed E-state index contributed by atoms with van der Waals surface area (Å²) in [4.78, 5) is 0. The predicted octanol–water partition coefficient (Wildman–Crippen LogP) is 2.64. The van der Waals surface area contributed by atoms with Gasteiger partial charge in [0, 0.05) is 0 Å². The quantitative estimate of drug-likeness (QED) is 0.467. The molecule has 0 radical (unpaired) electrons. The van der Waals surface area contributed by atoms with Crippen LogP contribution in [0.1, 0.15) is 52.4 Å². The molecule has 0 saturated heterocycles. The number of unbranched alkanes of at least 4 members (excludes halogenated alkanes) is 4. The maximum Gasteiger partial charge on any atom is 0.0692 e. The van der Waals surface area contributed by atoms with Gasteiger partial charge in [0.05, 0.1) is 12.2 Å². The van der Waals surface area contributed by atoms with Crippen molar-refractivity contribution in [3.63, 3.8) is 0 Å². The number of aliphatic hydroxyl groups is 2. The maximum absolute atomic E-state index is 9.02. The van der Waals surface area contributed by atoms with Gasteiger partial charge >= 0.3 is 0 Å².